The molecule has 0 unspecified atom stereocenters. The van der Waals surface area contributed by atoms with Gasteiger partial charge in [-0.3, -0.25) is 4.99 Å². The van der Waals surface area contributed by atoms with Crippen molar-refractivity contribution >= 4 is 50.4 Å². The molecule has 3 aromatic rings. The number of halogens is 3. The van der Waals surface area contributed by atoms with Gasteiger partial charge < -0.3 is 4.98 Å². The first-order valence-electron chi connectivity index (χ1n) is 6.45. The summed E-state index contributed by atoms with van der Waals surface area (Å²) in [7, 11) is 15.0. The van der Waals surface area contributed by atoms with Gasteiger partial charge in [-0.1, -0.05) is 42.5 Å². The summed E-state index contributed by atoms with van der Waals surface area (Å²) in [6.07, 6.45) is 3.72. The van der Waals surface area contributed by atoms with Crippen molar-refractivity contribution in [3.63, 3.8) is 0 Å². The van der Waals surface area contributed by atoms with Crippen molar-refractivity contribution in [3.05, 3.63) is 65.9 Å². The summed E-state index contributed by atoms with van der Waals surface area (Å²) < 4.78 is 0. The summed E-state index contributed by atoms with van der Waals surface area (Å²) in [5.74, 6) is 0. The minimum absolute atomic E-state index is 1.00. The number of fused-ring (bicyclic) bond motifs is 1. The van der Waals surface area contributed by atoms with Crippen LogP contribution in [0.1, 0.15) is 11.1 Å². The molecule has 114 valence electrons. The van der Waals surface area contributed by atoms with Gasteiger partial charge >= 0.3 is 42.8 Å². The van der Waals surface area contributed by atoms with Gasteiger partial charge in [0.15, 0.2) is 0 Å². The molecular formula is C16H13Cl3N2Nb-. The first-order valence-corrected chi connectivity index (χ1v) is 14.9. The van der Waals surface area contributed by atoms with Crippen LogP contribution in [0.2, 0.25) is 0 Å². The molecule has 0 amide bonds. The summed E-state index contributed by atoms with van der Waals surface area (Å²) in [6, 6.07) is 16.3. The maximum absolute atomic E-state index is 4.99. The second-order valence-electron chi connectivity index (χ2n) is 4.47. The number of benzene rings is 2. The van der Waals surface area contributed by atoms with Crippen molar-refractivity contribution in [2.45, 2.75) is 6.92 Å². The van der Waals surface area contributed by atoms with Gasteiger partial charge in [-0.25, -0.2) is 0 Å². The standard InChI is InChI=1S/C16H13N2.3ClH.Nb/c1-12-5-2-3-8-15(12)18-11-14-7-4-6-13-9-10-17-16(13)14;;;;/h2-11H,1H3;3*1H;/q-1;;;;+3/p-3. The van der Waals surface area contributed by atoms with Gasteiger partial charge in [0, 0.05) is 6.21 Å². The van der Waals surface area contributed by atoms with Gasteiger partial charge in [0.05, 0.1) is 5.69 Å². The van der Waals surface area contributed by atoms with Gasteiger partial charge in [0.25, 0.3) is 0 Å². The van der Waals surface area contributed by atoms with Crippen molar-refractivity contribution in [2.75, 3.05) is 0 Å². The summed E-state index contributed by atoms with van der Waals surface area (Å²) >= 11 is -2.03. The van der Waals surface area contributed by atoms with Crippen LogP contribution in [0, 0.1) is 6.92 Å². The SMILES string of the molecule is Cc1ccccc1N=Cc1cccc2cc[n-]c12.[Cl][Nb]([Cl])[Cl]. The second-order valence-corrected chi connectivity index (χ2v) is 14.5. The van der Waals surface area contributed by atoms with Crippen molar-refractivity contribution in [1.29, 1.82) is 0 Å². The van der Waals surface area contributed by atoms with E-state index in [9.17, 15) is 0 Å². The Bertz CT molecular complexity index is 766. The summed E-state index contributed by atoms with van der Waals surface area (Å²) in [5.41, 5.74) is 4.24. The molecule has 0 spiro atoms. The zero-order valence-corrected chi connectivity index (χ0v) is 16.2. The van der Waals surface area contributed by atoms with E-state index in [1.807, 2.05) is 48.8 Å². The third-order valence-corrected chi connectivity index (χ3v) is 3.01. The van der Waals surface area contributed by atoms with Crippen LogP contribution in [0.15, 0.2) is 59.7 Å². The first kappa shape index (κ1) is 17.6. The van der Waals surface area contributed by atoms with Crippen LogP contribution >= 0.6 is 27.6 Å². The molecule has 1 heterocycles. The van der Waals surface area contributed by atoms with Crippen LogP contribution in [0.5, 0.6) is 0 Å². The molecule has 0 N–H and O–H groups in total. The van der Waals surface area contributed by atoms with Gasteiger partial charge in [-0.2, -0.15) is 6.20 Å². The van der Waals surface area contributed by atoms with E-state index >= 15 is 0 Å². The van der Waals surface area contributed by atoms with Crippen molar-refractivity contribution in [1.82, 2.24) is 4.98 Å². The Hall–Kier alpha value is -0.740. The van der Waals surface area contributed by atoms with Crippen LogP contribution in [-0.4, -0.2) is 6.21 Å². The molecule has 3 rings (SSSR count). The van der Waals surface area contributed by atoms with Crippen LogP contribution in [0.4, 0.5) is 5.69 Å². The third kappa shape index (κ3) is 5.17. The average Bonchev–Trinajstić information content (AvgIpc) is 2.95. The fourth-order valence-electron chi connectivity index (χ4n) is 2.01. The van der Waals surface area contributed by atoms with Gasteiger partial charge in [-0.05, 0) is 29.5 Å². The quantitative estimate of drug-likeness (QED) is 0.365. The minimum atomic E-state index is -2.03. The second kappa shape index (κ2) is 8.78. The summed E-state index contributed by atoms with van der Waals surface area (Å²) in [6.45, 7) is 2.06. The van der Waals surface area contributed by atoms with Crippen LogP contribution in [-0.2, 0) is 15.2 Å². The van der Waals surface area contributed by atoms with Gasteiger partial charge in [0.1, 0.15) is 0 Å². The predicted molar refractivity (Wildman–Crippen MR) is 93.3 cm³/mol. The van der Waals surface area contributed by atoms with E-state index in [4.69, 9.17) is 27.6 Å². The molecule has 0 aliphatic rings. The molecule has 6 heteroatoms. The molecule has 2 aromatic carbocycles. The van der Waals surface area contributed by atoms with Crippen molar-refractivity contribution < 1.29 is 15.2 Å². The van der Waals surface area contributed by atoms with E-state index in [0.29, 0.717) is 0 Å². The average molecular weight is 433 g/mol. The summed E-state index contributed by atoms with van der Waals surface area (Å²) in [4.78, 5) is 8.90. The van der Waals surface area contributed by atoms with Crippen molar-refractivity contribution in [2.24, 2.45) is 4.99 Å². The molecule has 1 aromatic heterocycles. The van der Waals surface area contributed by atoms with Gasteiger partial charge in [0.2, 0.25) is 0 Å². The molecule has 0 saturated carbocycles. The molecule has 0 atom stereocenters. The van der Waals surface area contributed by atoms with Crippen LogP contribution in [0.3, 0.4) is 0 Å². The maximum atomic E-state index is 4.99. The number of hydrogen-bond donors (Lipinski definition) is 0. The van der Waals surface area contributed by atoms with E-state index in [0.717, 1.165) is 22.2 Å². The molecule has 0 bridgehead atoms. The molecular weight excluding hydrogens is 419 g/mol. The van der Waals surface area contributed by atoms with E-state index in [1.165, 1.54) is 5.56 Å². The fourth-order valence-corrected chi connectivity index (χ4v) is 2.01. The number of aromatic nitrogens is 1. The Morgan fingerprint density at radius 3 is 2.45 bits per heavy atom. The fraction of sp³-hybridized carbons (Fsp3) is 0.0625. The first-order chi connectivity index (χ1) is 10.6. The predicted octanol–water partition coefficient (Wildman–Crippen LogP) is 5.92. The Morgan fingerprint density at radius 1 is 1.00 bits per heavy atom. The number of aliphatic imine (C=N–C) groups is 1. The van der Waals surface area contributed by atoms with E-state index in [1.54, 1.807) is 0 Å². The van der Waals surface area contributed by atoms with Gasteiger partial charge in [-0.15, -0.1) is 5.52 Å². The van der Waals surface area contributed by atoms with Crippen LogP contribution < -0.4 is 4.98 Å². The third-order valence-electron chi connectivity index (χ3n) is 3.01. The molecule has 0 fully saturated rings. The van der Waals surface area contributed by atoms with E-state index in [-0.39, 0.29) is 0 Å². The Labute approximate surface area is 147 Å². The van der Waals surface area contributed by atoms with E-state index in [2.05, 4.69) is 29.0 Å². The molecule has 0 radical (unpaired) electrons. The van der Waals surface area contributed by atoms with E-state index < -0.39 is 15.2 Å². The molecule has 22 heavy (non-hydrogen) atoms. The Balaban J connectivity index is 0.000000396. The number of rotatable bonds is 2. The van der Waals surface area contributed by atoms with Crippen LogP contribution in [0.25, 0.3) is 10.9 Å². The Morgan fingerprint density at radius 2 is 1.73 bits per heavy atom. The number of aryl methyl sites for hydroxylation is 1. The Kier molecular flexibility index (Phi) is 7.03. The normalized spacial score (nSPS) is 11.0. The molecule has 0 aliphatic heterocycles. The number of nitrogens with zero attached hydrogens (tertiary/aromatic N) is 2. The summed E-state index contributed by atoms with van der Waals surface area (Å²) in [5, 5.41) is 1.16. The molecule has 0 aliphatic carbocycles. The monoisotopic (exact) mass is 431 g/mol. The topological polar surface area (TPSA) is 26.5 Å². The number of hydrogen-bond acceptors (Lipinski definition) is 1. The number of para-hydroxylation sites is 2. The molecule has 0 saturated heterocycles. The zero-order valence-electron chi connectivity index (χ0n) is 11.7. The zero-order chi connectivity index (χ0) is 15.9. The molecule has 2 nitrogen and oxygen atoms in total. The van der Waals surface area contributed by atoms with Crippen molar-refractivity contribution in [3.8, 4) is 0 Å².